The molecule has 0 atom stereocenters. The summed E-state index contributed by atoms with van der Waals surface area (Å²) in [5.41, 5.74) is 4.60. The SMILES string of the molecule is Cc1ccc(S(=O)(=O)N(CC(=O)NCCCc2ccc(OC(C)C)cc2)c2ccc(C)c(C)c2)cc1. The second-order valence-electron chi connectivity index (χ2n) is 9.36. The summed E-state index contributed by atoms with van der Waals surface area (Å²) in [5, 5.41) is 2.88. The lowest BCUT2D eigenvalue weighted by Crippen LogP contribution is -2.41. The van der Waals surface area contributed by atoms with Crippen LogP contribution in [0.3, 0.4) is 0 Å². The van der Waals surface area contributed by atoms with Crippen molar-refractivity contribution < 1.29 is 17.9 Å². The number of sulfonamides is 1. The molecule has 0 heterocycles. The lowest BCUT2D eigenvalue weighted by molar-refractivity contribution is -0.119. The second kappa shape index (κ2) is 12.1. The Balaban J connectivity index is 1.66. The van der Waals surface area contributed by atoms with Crippen LogP contribution in [0.15, 0.2) is 71.6 Å². The topological polar surface area (TPSA) is 75.7 Å². The third-order valence-corrected chi connectivity index (χ3v) is 7.72. The van der Waals surface area contributed by atoms with E-state index >= 15 is 0 Å². The molecule has 0 aliphatic carbocycles. The van der Waals surface area contributed by atoms with Crippen LogP contribution in [0.1, 0.15) is 42.5 Å². The van der Waals surface area contributed by atoms with Crippen LogP contribution >= 0.6 is 0 Å². The minimum atomic E-state index is -3.92. The van der Waals surface area contributed by atoms with Gasteiger partial charge in [-0.25, -0.2) is 8.42 Å². The summed E-state index contributed by atoms with van der Waals surface area (Å²) in [4.78, 5) is 13.0. The molecule has 0 aliphatic heterocycles. The number of anilines is 1. The van der Waals surface area contributed by atoms with E-state index in [-0.39, 0.29) is 23.5 Å². The summed E-state index contributed by atoms with van der Waals surface area (Å²) in [6, 6.07) is 20.0. The highest BCUT2D eigenvalue weighted by Gasteiger charge is 2.27. The molecule has 0 aliphatic rings. The van der Waals surface area contributed by atoms with Crippen molar-refractivity contribution in [2.75, 3.05) is 17.4 Å². The molecule has 0 bridgehead atoms. The van der Waals surface area contributed by atoms with Gasteiger partial charge in [0.1, 0.15) is 12.3 Å². The monoisotopic (exact) mass is 508 g/mol. The van der Waals surface area contributed by atoms with Crippen LogP contribution in [0.2, 0.25) is 0 Å². The molecule has 0 radical (unpaired) electrons. The normalized spacial score (nSPS) is 11.4. The van der Waals surface area contributed by atoms with E-state index in [1.807, 2.05) is 65.0 Å². The van der Waals surface area contributed by atoms with E-state index in [4.69, 9.17) is 4.74 Å². The van der Waals surface area contributed by atoms with Gasteiger partial charge in [0.15, 0.2) is 0 Å². The summed E-state index contributed by atoms with van der Waals surface area (Å²) >= 11 is 0. The third-order valence-electron chi connectivity index (χ3n) is 5.93. The fourth-order valence-electron chi connectivity index (χ4n) is 3.75. The highest BCUT2D eigenvalue weighted by molar-refractivity contribution is 7.92. The van der Waals surface area contributed by atoms with Crippen LogP contribution in [0.4, 0.5) is 5.69 Å². The van der Waals surface area contributed by atoms with Gasteiger partial charge in [0.05, 0.1) is 16.7 Å². The van der Waals surface area contributed by atoms with Crippen LogP contribution in [0.5, 0.6) is 5.75 Å². The zero-order chi connectivity index (χ0) is 26.3. The first kappa shape index (κ1) is 27.3. The van der Waals surface area contributed by atoms with Gasteiger partial charge in [-0.15, -0.1) is 0 Å². The van der Waals surface area contributed by atoms with E-state index in [0.717, 1.165) is 40.8 Å². The van der Waals surface area contributed by atoms with Gasteiger partial charge < -0.3 is 10.1 Å². The smallest absolute Gasteiger partial charge is 0.264 e. The zero-order valence-corrected chi connectivity index (χ0v) is 22.6. The van der Waals surface area contributed by atoms with Crippen LogP contribution in [0, 0.1) is 20.8 Å². The molecule has 0 unspecified atom stereocenters. The first-order chi connectivity index (χ1) is 17.1. The van der Waals surface area contributed by atoms with E-state index in [1.54, 1.807) is 36.4 Å². The van der Waals surface area contributed by atoms with Crippen molar-refractivity contribution in [3.05, 3.63) is 89.0 Å². The van der Waals surface area contributed by atoms with Crippen LogP contribution in [0.25, 0.3) is 0 Å². The van der Waals surface area contributed by atoms with Gasteiger partial charge in [-0.2, -0.15) is 0 Å². The number of benzene rings is 3. The van der Waals surface area contributed by atoms with Crippen LogP contribution < -0.4 is 14.4 Å². The zero-order valence-electron chi connectivity index (χ0n) is 21.7. The molecule has 6 nitrogen and oxygen atoms in total. The van der Waals surface area contributed by atoms with Crippen molar-refractivity contribution >= 4 is 21.6 Å². The number of rotatable bonds is 11. The molecule has 192 valence electrons. The highest BCUT2D eigenvalue weighted by Crippen LogP contribution is 2.26. The maximum absolute atomic E-state index is 13.5. The lowest BCUT2D eigenvalue weighted by Gasteiger charge is -2.25. The van der Waals surface area contributed by atoms with Crippen molar-refractivity contribution in [2.24, 2.45) is 0 Å². The molecule has 36 heavy (non-hydrogen) atoms. The van der Waals surface area contributed by atoms with Gasteiger partial charge in [-0.3, -0.25) is 9.10 Å². The Morgan fingerprint density at radius 1 is 0.917 bits per heavy atom. The minimum absolute atomic E-state index is 0.129. The first-order valence-electron chi connectivity index (χ1n) is 12.2. The van der Waals surface area contributed by atoms with Crippen molar-refractivity contribution in [1.82, 2.24) is 5.32 Å². The Morgan fingerprint density at radius 2 is 1.58 bits per heavy atom. The quantitative estimate of drug-likeness (QED) is 0.355. The fourth-order valence-corrected chi connectivity index (χ4v) is 5.16. The Hall–Kier alpha value is -3.32. The molecule has 3 aromatic carbocycles. The van der Waals surface area contributed by atoms with Crippen molar-refractivity contribution in [3.8, 4) is 5.75 Å². The number of ether oxygens (including phenoxy) is 1. The molecule has 0 fully saturated rings. The number of amides is 1. The molecule has 3 rings (SSSR count). The van der Waals surface area contributed by atoms with Gasteiger partial charge in [0.2, 0.25) is 5.91 Å². The highest BCUT2D eigenvalue weighted by atomic mass is 32.2. The summed E-state index contributed by atoms with van der Waals surface area (Å²) < 4.78 is 33.9. The lowest BCUT2D eigenvalue weighted by atomic mass is 10.1. The Morgan fingerprint density at radius 3 is 2.19 bits per heavy atom. The predicted octanol–water partition coefficient (Wildman–Crippen LogP) is 5.34. The van der Waals surface area contributed by atoms with Gasteiger partial charge >= 0.3 is 0 Å². The maximum Gasteiger partial charge on any atom is 0.264 e. The van der Waals surface area contributed by atoms with Gasteiger partial charge in [0, 0.05) is 6.54 Å². The number of hydrogen-bond donors (Lipinski definition) is 1. The Kier molecular flexibility index (Phi) is 9.15. The predicted molar refractivity (Wildman–Crippen MR) is 145 cm³/mol. The van der Waals surface area contributed by atoms with Gasteiger partial charge in [-0.05, 0) is 101 Å². The number of nitrogens with one attached hydrogen (secondary N) is 1. The average Bonchev–Trinajstić information content (AvgIpc) is 2.83. The summed E-state index contributed by atoms with van der Waals surface area (Å²) in [6.45, 7) is 9.94. The van der Waals surface area contributed by atoms with Gasteiger partial charge in [-0.1, -0.05) is 35.9 Å². The molecule has 1 N–H and O–H groups in total. The Labute approximate surface area is 215 Å². The van der Waals surface area contributed by atoms with E-state index in [1.165, 1.54) is 4.31 Å². The number of nitrogens with zero attached hydrogens (tertiary/aromatic N) is 1. The van der Waals surface area contributed by atoms with E-state index in [2.05, 4.69) is 5.32 Å². The molecule has 0 spiro atoms. The first-order valence-corrected chi connectivity index (χ1v) is 13.7. The van der Waals surface area contributed by atoms with E-state index in [9.17, 15) is 13.2 Å². The van der Waals surface area contributed by atoms with Crippen molar-refractivity contribution in [3.63, 3.8) is 0 Å². The largest absolute Gasteiger partial charge is 0.491 e. The maximum atomic E-state index is 13.5. The molecule has 0 aromatic heterocycles. The number of aryl methyl sites for hydroxylation is 4. The third kappa shape index (κ3) is 7.34. The molecular formula is C29H36N2O4S. The van der Waals surface area contributed by atoms with E-state index in [0.29, 0.717) is 12.2 Å². The molecule has 7 heteroatoms. The van der Waals surface area contributed by atoms with Crippen LogP contribution in [-0.4, -0.2) is 33.5 Å². The summed E-state index contributed by atoms with van der Waals surface area (Å²) in [5.74, 6) is 0.493. The molecule has 3 aromatic rings. The summed E-state index contributed by atoms with van der Waals surface area (Å²) in [7, 11) is -3.92. The average molecular weight is 509 g/mol. The number of hydrogen-bond acceptors (Lipinski definition) is 4. The minimum Gasteiger partial charge on any atom is -0.491 e. The molecule has 0 saturated carbocycles. The second-order valence-corrected chi connectivity index (χ2v) is 11.2. The number of carbonyl (C=O) groups is 1. The van der Waals surface area contributed by atoms with Gasteiger partial charge in [0.25, 0.3) is 10.0 Å². The Bertz CT molecular complexity index is 1270. The standard InChI is InChI=1S/C29H36N2O4S/c1-21(2)35-27-14-11-25(12-15-27)7-6-18-30-29(32)20-31(26-13-10-23(4)24(5)19-26)36(33,34)28-16-8-22(3)9-17-28/h8-17,19,21H,6-7,18,20H2,1-5H3,(H,30,32). The van der Waals surface area contributed by atoms with Crippen molar-refractivity contribution in [1.29, 1.82) is 0 Å². The summed E-state index contributed by atoms with van der Waals surface area (Å²) in [6.07, 6.45) is 1.67. The molecule has 0 saturated heterocycles. The van der Waals surface area contributed by atoms with Crippen molar-refractivity contribution in [2.45, 2.75) is 58.5 Å². The fraction of sp³-hybridized carbons (Fsp3) is 0.345. The van der Waals surface area contributed by atoms with E-state index < -0.39 is 10.0 Å². The molecular weight excluding hydrogens is 472 g/mol. The van der Waals surface area contributed by atoms with Crippen LogP contribution in [-0.2, 0) is 21.2 Å². The molecule has 1 amide bonds. The number of carbonyl (C=O) groups excluding carboxylic acids is 1.